The average Bonchev–Trinajstić information content (AvgIpc) is 3.06. The molecular formula is C42H67NO7. The Hall–Kier alpha value is -3.49. The zero-order valence-electron chi connectivity index (χ0n) is 31.8. The molecular weight excluding hydrogens is 630 g/mol. The molecule has 8 nitrogen and oxygen atoms in total. The minimum atomic E-state index is -1.14. The van der Waals surface area contributed by atoms with E-state index in [1.807, 2.05) is 60.8 Å². The number of likely N-dealkylation sites (N-methyl/N-ethyl adjacent to an activating group) is 1. The molecule has 0 aliphatic heterocycles. The minimum absolute atomic E-state index is 0.00812. The van der Waals surface area contributed by atoms with Crippen LogP contribution in [0.15, 0.2) is 85.1 Å². The molecule has 0 aromatic heterocycles. The first-order chi connectivity index (χ1) is 24.1. The number of rotatable bonds is 31. The van der Waals surface area contributed by atoms with E-state index in [-0.39, 0.29) is 55.5 Å². The van der Waals surface area contributed by atoms with Gasteiger partial charge in [0.1, 0.15) is 12.6 Å². The van der Waals surface area contributed by atoms with E-state index in [9.17, 15) is 19.5 Å². The molecule has 0 spiro atoms. The molecule has 0 aromatic rings. The quantitative estimate of drug-likeness (QED) is 0.0237. The van der Waals surface area contributed by atoms with Gasteiger partial charge in [0.15, 0.2) is 6.10 Å². The van der Waals surface area contributed by atoms with Crippen LogP contribution in [0.3, 0.4) is 0 Å². The highest BCUT2D eigenvalue weighted by atomic mass is 16.6. The molecule has 0 aliphatic rings. The maximum Gasteiger partial charge on any atom is 0.306 e. The molecule has 0 N–H and O–H groups in total. The molecule has 0 fully saturated rings. The van der Waals surface area contributed by atoms with Gasteiger partial charge in [0.25, 0.3) is 0 Å². The molecule has 50 heavy (non-hydrogen) atoms. The SMILES string of the molecule is CC/C=C/C=C/C=C/C=C/C=C/C=C/CCCCCC(=O)OC(COCCC(C(=O)[O-])[N+](C)(C)C)COC(=O)CCC/C=C/CCCCCC. The lowest BCUT2D eigenvalue weighted by Gasteiger charge is -2.34. The van der Waals surface area contributed by atoms with Crippen LogP contribution in [0.4, 0.5) is 0 Å². The number of carbonyl (C=O) groups excluding carboxylic acids is 3. The number of carboxylic acid groups (broad SMARTS) is 1. The summed E-state index contributed by atoms with van der Waals surface area (Å²) in [5, 5.41) is 11.6. The van der Waals surface area contributed by atoms with E-state index in [1.54, 1.807) is 21.1 Å². The van der Waals surface area contributed by atoms with Crippen molar-refractivity contribution in [2.45, 2.75) is 122 Å². The number of aliphatic carboxylic acids is 1. The first kappa shape index (κ1) is 46.5. The van der Waals surface area contributed by atoms with Gasteiger partial charge >= 0.3 is 11.9 Å². The van der Waals surface area contributed by atoms with E-state index in [2.05, 4.69) is 38.2 Å². The van der Waals surface area contributed by atoms with Gasteiger partial charge in [-0.05, 0) is 51.4 Å². The minimum Gasteiger partial charge on any atom is -0.544 e. The Morgan fingerprint density at radius 1 is 0.620 bits per heavy atom. The van der Waals surface area contributed by atoms with Gasteiger partial charge in [-0.15, -0.1) is 0 Å². The number of unbranched alkanes of at least 4 members (excludes halogenated alkanes) is 8. The number of ether oxygens (including phenoxy) is 3. The molecule has 0 radical (unpaired) electrons. The summed E-state index contributed by atoms with van der Waals surface area (Å²) in [6.45, 7) is 4.36. The zero-order valence-corrected chi connectivity index (χ0v) is 31.8. The van der Waals surface area contributed by atoms with Crippen LogP contribution in [-0.2, 0) is 28.6 Å². The predicted octanol–water partition coefficient (Wildman–Crippen LogP) is 8.07. The Kier molecular flexibility index (Phi) is 30.4. The number of carboxylic acids is 1. The Labute approximate surface area is 303 Å². The van der Waals surface area contributed by atoms with Gasteiger partial charge in [-0.3, -0.25) is 9.59 Å². The van der Waals surface area contributed by atoms with Gasteiger partial charge in [-0.1, -0.05) is 125 Å². The lowest BCUT2D eigenvalue weighted by Crippen LogP contribution is -2.55. The standard InChI is InChI=1S/C42H67NO7/c1-6-8-10-12-14-16-17-18-19-20-21-22-23-25-27-29-31-33-41(45)50-38(36-48-35-34-39(42(46)47)43(3,4)5)37-49-40(44)32-30-28-26-24-15-13-11-9-7-2/h8,10,12,14,16-24,26,38-39H,6-7,9,11,13,15,25,27-37H2,1-5H3/b10-8+,14-12+,17-16+,19-18+,21-20+,23-22+,26-24+. The summed E-state index contributed by atoms with van der Waals surface area (Å²) < 4.78 is 17.0. The molecule has 0 saturated carbocycles. The predicted molar refractivity (Wildman–Crippen MR) is 203 cm³/mol. The number of nitrogens with zero attached hydrogens (tertiary/aromatic N) is 1. The topological polar surface area (TPSA) is 102 Å². The molecule has 8 heteroatoms. The highest BCUT2D eigenvalue weighted by Gasteiger charge is 2.25. The van der Waals surface area contributed by atoms with Crippen molar-refractivity contribution < 1.29 is 38.2 Å². The van der Waals surface area contributed by atoms with Crippen molar-refractivity contribution in [1.82, 2.24) is 0 Å². The van der Waals surface area contributed by atoms with Crippen LogP contribution in [0.5, 0.6) is 0 Å². The number of carbonyl (C=O) groups is 3. The zero-order chi connectivity index (χ0) is 37.1. The monoisotopic (exact) mass is 697 g/mol. The summed E-state index contributed by atoms with van der Waals surface area (Å²) in [4.78, 5) is 36.6. The number of quaternary nitrogens is 1. The van der Waals surface area contributed by atoms with Gasteiger partial charge in [0, 0.05) is 19.3 Å². The second-order valence-corrected chi connectivity index (χ2v) is 13.2. The van der Waals surface area contributed by atoms with Gasteiger partial charge in [0.05, 0.1) is 40.3 Å². The number of esters is 2. The van der Waals surface area contributed by atoms with E-state index in [4.69, 9.17) is 14.2 Å². The van der Waals surface area contributed by atoms with Crippen LogP contribution in [-0.4, -0.2) is 75.5 Å². The average molecular weight is 698 g/mol. The molecule has 2 atom stereocenters. The van der Waals surface area contributed by atoms with Gasteiger partial charge < -0.3 is 28.6 Å². The van der Waals surface area contributed by atoms with Crippen molar-refractivity contribution in [3.8, 4) is 0 Å². The lowest BCUT2D eigenvalue weighted by molar-refractivity contribution is -0.889. The van der Waals surface area contributed by atoms with Crippen molar-refractivity contribution in [1.29, 1.82) is 0 Å². The molecule has 2 unspecified atom stereocenters. The Morgan fingerprint density at radius 2 is 1.16 bits per heavy atom. The molecule has 0 aromatic carbocycles. The second-order valence-electron chi connectivity index (χ2n) is 13.2. The normalized spacial score (nSPS) is 14.0. The molecule has 0 bridgehead atoms. The van der Waals surface area contributed by atoms with Crippen molar-refractivity contribution in [2.75, 3.05) is 41.0 Å². The van der Waals surface area contributed by atoms with E-state index < -0.39 is 18.1 Å². The van der Waals surface area contributed by atoms with E-state index in [0.717, 1.165) is 38.5 Å². The van der Waals surface area contributed by atoms with E-state index >= 15 is 0 Å². The first-order valence-corrected chi connectivity index (χ1v) is 18.7. The van der Waals surface area contributed by atoms with Crippen molar-refractivity contribution >= 4 is 17.9 Å². The highest BCUT2D eigenvalue weighted by Crippen LogP contribution is 2.11. The number of hydrogen-bond donors (Lipinski definition) is 0. The van der Waals surface area contributed by atoms with Crippen molar-refractivity contribution in [2.24, 2.45) is 0 Å². The maximum atomic E-state index is 12.6. The fourth-order valence-electron chi connectivity index (χ4n) is 4.75. The molecule has 0 rings (SSSR count). The summed E-state index contributed by atoms with van der Waals surface area (Å²) in [6.07, 6.45) is 40.5. The van der Waals surface area contributed by atoms with E-state index in [1.165, 1.54) is 25.7 Å². The third-order valence-corrected chi connectivity index (χ3v) is 7.68. The largest absolute Gasteiger partial charge is 0.544 e. The van der Waals surface area contributed by atoms with Gasteiger partial charge in [0.2, 0.25) is 0 Å². The summed E-state index contributed by atoms with van der Waals surface area (Å²) in [5.74, 6) is -1.86. The number of hydrogen-bond acceptors (Lipinski definition) is 7. The highest BCUT2D eigenvalue weighted by molar-refractivity contribution is 5.70. The third kappa shape index (κ3) is 30.6. The van der Waals surface area contributed by atoms with Crippen LogP contribution in [0, 0.1) is 0 Å². The molecule has 0 saturated heterocycles. The second kappa shape index (κ2) is 32.7. The Morgan fingerprint density at radius 3 is 1.74 bits per heavy atom. The first-order valence-electron chi connectivity index (χ1n) is 18.7. The summed E-state index contributed by atoms with van der Waals surface area (Å²) in [5.41, 5.74) is 0. The van der Waals surface area contributed by atoms with E-state index in [0.29, 0.717) is 12.8 Å². The Balaban J connectivity index is 4.59. The smallest absolute Gasteiger partial charge is 0.306 e. The van der Waals surface area contributed by atoms with Crippen molar-refractivity contribution in [3.63, 3.8) is 0 Å². The Bertz CT molecular complexity index is 1090. The summed E-state index contributed by atoms with van der Waals surface area (Å²) in [6, 6.07) is -0.741. The maximum absolute atomic E-state index is 12.6. The van der Waals surface area contributed by atoms with Crippen LogP contribution in [0.2, 0.25) is 0 Å². The molecule has 0 heterocycles. The molecule has 282 valence electrons. The van der Waals surface area contributed by atoms with Gasteiger partial charge in [-0.25, -0.2) is 0 Å². The fourth-order valence-corrected chi connectivity index (χ4v) is 4.75. The van der Waals surface area contributed by atoms with Crippen LogP contribution in [0.1, 0.15) is 110 Å². The van der Waals surface area contributed by atoms with Gasteiger partial charge in [-0.2, -0.15) is 0 Å². The molecule has 0 amide bonds. The third-order valence-electron chi connectivity index (χ3n) is 7.68. The van der Waals surface area contributed by atoms with Crippen LogP contribution in [0.25, 0.3) is 0 Å². The van der Waals surface area contributed by atoms with Crippen LogP contribution >= 0.6 is 0 Å². The number of allylic oxidation sites excluding steroid dienone is 14. The summed E-state index contributed by atoms with van der Waals surface area (Å²) in [7, 11) is 5.35. The van der Waals surface area contributed by atoms with Crippen molar-refractivity contribution in [3.05, 3.63) is 85.1 Å². The molecule has 0 aliphatic carbocycles. The van der Waals surface area contributed by atoms with Crippen LogP contribution < -0.4 is 5.11 Å². The summed E-state index contributed by atoms with van der Waals surface area (Å²) >= 11 is 0. The lowest BCUT2D eigenvalue weighted by atomic mass is 10.1. The fraction of sp³-hybridized carbons (Fsp3) is 0.595.